The molecule has 0 aromatic carbocycles. The SMILES string of the molecule is CCCCCC(CSC1CCCCC1)NN. The Morgan fingerprint density at radius 2 is 2.00 bits per heavy atom. The minimum absolute atomic E-state index is 0.526. The van der Waals surface area contributed by atoms with Crippen molar-refractivity contribution in [3.8, 4) is 0 Å². The molecule has 1 fully saturated rings. The number of hydrogen-bond acceptors (Lipinski definition) is 3. The number of hydrogen-bond donors (Lipinski definition) is 2. The molecular formula is C13H28N2S. The average molecular weight is 244 g/mol. The Hall–Kier alpha value is 0.270. The standard InChI is InChI=1S/C13H28N2S/c1-2-3-5-8-12(15-14)11-16-13-9-6-4-7-10-13/h12-13,15H,2-11,14H2,1H3. The van der Waals surface area contributed by atoms with Gasteiger partial charge in [0.2, 0.25) is 0 Å². The van der Waals surface area contributed by atoms with E-state index in [0.29, 0.717) is 6.04 Å². The number of unbranched alkanes of at least 4 members (excludes halogenated alkanes) is 2. The molecular weight excluding hydrogens is 216 g/mol. The highest BCUT2D eigenvalue weighted by Gasteiger charge is 2.15. The predicted octanol–water partition coefficient (Wildman–Crippen LogP) is 3.46. The first-order chi connectivity index (χ1) is 7.86. The lowest BCUT2D eigenvalue weighted by molar-refractivity contribution is 0.497. The molecule has 0 aliphatic heterocycles. The van der Waals surface area contributed by atoms with Crippen LogP contribution in [0.1, 0.15) is 64.7 Å². The lowest BCUT2D eigenvalue weighted by atomic mass is 10.0. The zero-order valence-corrected chi connectivity index (χ0v) is 11.5. The fourth-order valence-corrected chi connectivity index (χ4v) is 3.77. The normalized spacial score (nSPS) is 19.9. The van der Waals surface area contributed by atoms with E-state index in [1.54, 1.807) is 0 Å². The molecule has 1 atom stereocenters. The van der Waals surface area contributed by atoms with Crippen LogP contribution < -0.4 is 11.3 Å². The van der Waals surface area contributed by atoms with Gasteiger partial charge in [0.15, 0.2) is 0 Å². The summed E-state index contributed by atoms with van der Waals surface area (Å²) in [4.78, 5) is 0. The first-order valence-corrected chi connectivity index (χ1v) is 7.99. The maximum absolute atomic E-state index is 5.61. The quantitative estimate of drug-likeness (QED) is 0.390. The first kappa shape index (κ1) is 14.3. The summed E-state index contributed by atoms with van der Waals surface area (Å²) < 4.78 is 0. The van der Waals surface area contributed by atoms with Crippen molar-refractivity contribution in [3.05, 3.63) is 0 Å². The van der Waals surface area contributed by atoms with Gasteiger partial charge in [-0.1, -0.05) is 45.4 Å². The Balaban J connectivity index is 2.07. The number of nitrogens with one attached hydrogen (secondary N) is 1. The molecule has 0 aromatic rings. The van der Waals surface area contributed by atoms with Gasteiger partial charge >= 0.3 is 0 Å². The fourth-order valence-electron chi connectivity index (χ4n) is 2.34. The second-order valence-electron chi connectivity index (χ2n) is 4.95. The first-order valence-electron chi connectivity index (χ1n) is 6.94. The monoisotopic (exact) mass is 244 g/mol. The van der Waals surface area contributed by atoms with Crippen LogP contribution in [-0.2, 0) is 0 Å². The zero-order valence-electron chi connectivity index (χ0n) is 10.7. The third-order valence-corrected chi connectivity index (χ3v) is 5.01. The highest BCUT2D eigenvalue weighted by Crippen LogP contribution is 2.28. The van der Waals surface area contributed by atoms with E-state index in [2.05, 4.69) is 24.1 Å². The van der Waals surface area contributed by atoms with Gasteiger partial charge in [0.1, 0.15) is 0 Å². The van der Waals surface area contributed by atoms with E-state index in [1.807, 2.05) is 0 Å². The fraction of sp³-hybridized carbons (Fsp3) is 1.00. The molecule has 0 radical (unpaired) electrons. The number of thioether (sulfide) groups is 1. The number of rotatable bonds is 8. The molecule has 0 spiro atoms. The molecule has 0 bridgehead atoms. The van der Waals surface area contributed by atoms with E-state index in [-0.39, 0.29) is 0 Å². The highest BCUT2D eigenvalue weighted by atomic mass is 32.2. The maximum atomic E-state index is 5.61. The van der Waals surface area contributed by atoms with Gasteiger partial charge in [0.05, 0.1) is 0 Å². The maximum Gasteiger partial charge on any atom is 0.0301 e. The molecule has 1 rings (SSSR count). The number of nitrogens with two attached hydrogens (primary N) is 1. The summed E-state index contributed by atoms with van der Waals surface area (Å²) in [5, 5.41) is 0.913. The minimum atomic E-state index is 0.526. The molecule has 1 unspecified atom stereocenters. The van der Waals surface area contributed by atoms with E-state index >= 15 is 0 Å². The van der Waals surface area contributed by atoms with Crippen LogP contribution in [0.25, 0.3) is 0 Å². The summed E-state index contributed by atoms with van der Waals surface area (Å²) in [6.07, 6.45) is 12.4. The summed E-state index contributed by atoms with van der Waals surface area (Å²) in [6.45, 7) is 2.25. The van der Waals surface area contributed by atoms with Crippen molar-refractivity contribution in [3.63, 3.8) is 0 Å². The van der Waals surface area contributed by atoms with Crippen molar-refractivity contribution in [1.82, 2.24) is 5.43 Å². The summed E-state index contributed by atoms with van der Waals surface area (Å²) in [5.74, 6) is 6.81. The molecule has 96 valence electrons. The van der Waals surface area contributed by atoms with Crippen molar-refractivity contribution in [2.24, 2.45) is 5.84 Å². The van der Waals surface area contributed by atoms with Crippen LogP contribution in [0.5, 0.6) is 0 Å². The molecule has 3 N–H and O–H groups in total. The number of hydrazine groups is 1. The van der Waals surface area contributed by atoms with Gasteiger partial charge in [0, 0.05) is 17.0 Å². The molecule has 0 amide bonds. The molecule has 2 nitrogen and oxygen atoms in total. The molecule has 0 heterocycles. The van der Waals surface area contributed by atoms with Crippen LogP contribution in [-0.4, -0.2) is 17.0 Å². The lowest BCUT2D eigenvalue weighted by Crippen LogP contribution is -2.37. The Kier molecular flexibility index (Phi) is 8.34. The van der Waals surface area contributed by atoms with Crippen LogP contribution in [0.4, 0.5) is 0 Å². The molecule has 0 saturated heterocycles. The second kappa shape index (κ2) is 9.32. The summed E-state index contributed by atoms with van der Waals surface area (Å²) in [6, 6.07) is 0.526. The van der Waals surface area contributed by atoms with Crippen molar-refractivity contribution in [1.29, 1.82) is 0 Å². The molecule has 1 aliphatic carbocycles. The van der Waals surface area contributed by atoms with Gasteiger partial charge in [-0.2, -0.15) is 11.8 Å². The van der Waals surface area contributed by atoms with E-state index in [4.69, 9.17) is 5.84 Å². The van der Waals surface area contributed by atoms with Crippen LogP contribution in [0.2, 0.25) is 0 Å². The van der Waals surface area contributed by atoms with Crippen LogP contribution in [0, 0.1) is 0 Å². The van der Waals surface area contributed by atoms with Crippen molar-refractivity contribution >= 4 is 11.8 Å². The van der Waals surface area contributed by atoms with Gasteiger partial charge in [0.25, 0.3) is 0 Å². The van der Waals surface area contributed by atoms with E-state index < -0.39 is 0 Å². The van der Waals surface area contributed by atoms with Crippen LogP contribution in [0.3, 0.4) is 0 Å². The van der Waals surface area contributed by atoms with Gasteiger partial charge < -0.3 is 0 Å². The third kappa shape index (κ3) is 6.12. The Bertz CT molecular complexity index is 158. The van der Waals surface area contributed by atoms with E-state index in [9.17, 15) is 0 Å². The highest BCUT2D eigenvalue weighted by molar-refractivity contribution is 7.99. The molecule has 16 heavy (non-hydrogen) atoms. The Morgan fingerprint density at radius 3 is 2.62 bits per heavy atom. The van der Waals surface area contributed by atoms with Crippen molar-refractivity contribution in [2.45, 2.75) is 76.0 Å². The van der Waals surface area contributed by atoms with Crippen molar-refractivity contribution < 1.29 is 0 Å². The molecule has 1 saturated carbocycles. The van der Waals surface area contributed by atoms with Crippen LogP contribution >= 0.6 is 11.8 Å². The minimum Gasteiger partial charge on any atom is -0.271 e. The molecule has 1 aliphatic rings. The van der Waals surface area contributed by atoms with Gasteiger partial charge in [-0.25, -0.2) is 0 Å². The van der Waals surface area contributed by atoms with Gasteiger partial charge in [-0.05, 0) is 19.3 Å². The Morgan fingerprint density at radius 1 is 1.25 bits per heavy atom. The molecule has 3 heteroatoms. The zero-order chi connectivity index (χ0) is 11.6. The summed E-state index contributed by atoms with van der Waals surface area (Å²) in [7, 11) is 0. The largest absolute Gasteiger partial charge is 0.271 e. The van der Waals surface area contributed by atoms with Crippen molar-refractivity contribution in [2.75, 3.05) is 5.75 Å². The van der Waals surface area contributed by atoms with Crippen LogP contribution in [0.15, 0.2) is 0 Å². The van der Waals surface area contributed by atoms with Gasteiger partial charge in [-0.15, -0.1) is 0 Å². The Labute approximate surface area is 105 Å². The van der Waals surface area contributed by atoms with E-state index in [0.717, 1.165) is 5.25 Å². The average Bonchev–Trinajstić information content (AvgIpc) is 2.35. The molecule has 0 aromatic heterocycles. The van der Waals surface area contributed by atoms with Gasteiger partial charge in [-0.3, -0.25) is 11.3 Å². The topological polar surface area (TPSA) is 38.0 Å². The predicted molar refractivity (Wildman–Crippen MR) is 74.6 cm³/mol. The van der Waals surface area contributed by atoms with E-state index in [1.165, 1.54) is 63.5 Å². The lowest BCUT2D eigenvalue weighted by Gasteiger charge is -2.23. The second-order valence-corrected chi connectivity index (χ2v) is 6.29. The summed E-state index contributed by atoms with van der Waals surface area (Å²) in [5.41, 5.74) is 2.98. The summed E-state index contributed by atoms with van der Waals surface area (Å²) >= 11 is 2.15. The smallest absolute Gasteiger partial charge is 0.0301 e. The third-order valence-electron chi connectivity index (χ3n) is 3.48.